The molecule has 0 saturated heterocycles. The fourth-order valence-corrected chi connectivity index (χ4v) is 3.88. The number of H-pyrrole nitrogens is 1. The number of rotatable bonds is 3. The molecule has 1 aliphatic rings. The molecule has 0 fully saturated rings. The van der Waals surface area contributed by atoms with Gasteiger partial charge in [0.25, 0.3) is 0 Å². The zero-order valence-corrected chi connectivity index (χ0v) is 14.9. The van der Waals surface area contributed by atoms with Gasteiger partial charge in [-0.25, -0.2) is 0 Å². The minimum Gasteiger partial charge on any atom is -0.490 e. The molecule has 0 spiro atoms. The molecule has 134 valence electrons. The number of nitrogens with zero attached hydrogens (tertiary/aromatic N) is 1. The van der Waals surface area contributed by atoms with Crippen molar-refractivity contribution in [2.45, 2.75) is 12.8 Å². The number of ether oxygens (including phenoxy) is 2. The second-order valence-electron chi connectivity index (χ2n) is 6.53. The fourth-order valence-electron chi connectivity index (χ4n) is 3.88. The number of fused-ring (bicyclic) bond motifs is 4. The van der Waals surface area contributed by atoms with Gasteiger partial charge >= 0.3 is 0 Å². The number of nitrogens with two attached hydrogens (primary N) is 1. The summed E-state index contributed by atoms with van der Waals surface area (Å²) in [6, 6.07) is 18.1. The van der Waals surface area contributed by atoms with Gasteiger partial charge in [-0.05, 0) is 30.5 Å². The molecular formula is C22H19N3O2. The summed E-state index contributed by atoms with van der Waals surface area (Å²) in [7, 11) is 0. The molecule has 1 unspecified atom stereocenters. The maximum atomic E-state index is 6.25. The van der Waals surface area contributed by atoms with Crippen LogP contribution in [0.5, 0.6) is 17.4 Å². The van der Waals surface area contributed by atoms with Crippen molar-refractivity contribution >= 4 is 16.6 Å². The minimum absolute atomic E-state index is 0.0443. The van der Waals surface area contributed by atoms with E-state index >= 15 is 0 Å². The SMILES string of the molecule is CCOc1cccc2c1Oc1nc(N)c3ccccc3c1C2c1ccc[nH]1. The van der Waals surface area contributed by atoms with Crippen LogP contribution >= 0.6 is 0 Å². The lowest BCUT2D eigenvalue weighted by Gasteiger charge is -2.29. The Kier molecular flexibility index (Phi) is 3.53. The molecule has 2 aromatic carbocycles. The zero-order valence-electron chi connectivity index (χ0n) is 14.9. The van der Waals surface area contributed by atoms with Crippen LogP contribution in [-0.4, -0.2) is 16.6 Å². The Morgan fingerprint density at radius 2 is 1.93 bits per heavy atom. The van der Waals surface area contributed by atoms with Crippen LogP contribution < -0.4 is 15.2 Å². The number of aromatic nitrogens is 2. The van der Waals surface area contributed by atoms with Crippen molar-refractivity contribution in [1.82, 2.24) is 9.97 Å². The minimum atomic E-state index is -0.0443. The molecule has 5 heteroatoms. The van der Waals surface area contributed by atoms with Gasteiger partial charge in [0.15, 0.2) is 11.5 Å². The van der Waals surface area contributed by atoms with Crippen LogP contribution in [0.1, 0.15) is 29.7 Å². The summed E-state index contributed by atoms with van der Waals surface area (Å²) in [5, 5.41) is 1.98. The van der Waals surface area contributed by atoms with Crippen LogP contribution in [0.4, 0.5) is 5.82 Å². The number of para-hydroxylation sites is 1. The van der Waals surface area contributed by atoms with Crippen molar-refractivity contribution in [1.29, 1.82) is 0 Å². The Labute approximate surface area is 156 Å². The highest BCUT2D eigenvalue weighted by Crippen LogP contribution is 2.52. The van der Waals surface area contributed by atoms with E-state index in [0.717, 1.165) is 27.6 Å². The average molecular weight is 357 g/mol. The van der Waals surface area contributed by atoms with E-state index in [0.29, 0.717) is 29.8 Å². The third-order valence-electron chi connectivity index (χ3n) is 4.99. The summed E-state index contributed by atoms with van der Waals surface area (Å²) < 4.78 is 12.1. The van der Waals surface area contributed by atoms with Gasteiger partial charge in [0.2, 0.25) is 5.88 Å². The number of anilines is 1. The lowest BCUT2D eigenvalue weighted by Crippen LogP contribution is -2.15. The summed E-state index contributed by atoms with van der Waals surface area (Å²) in [6.07, 6.45) is 1.93. The van der Waals surface area contributed by atoms with Crippen LogP contribution in [0.25, 0.3) is 10.8 Å². The molecule has 1 atom stereocenters. The van der Waals surface area contributed by atoms with E-state index in [1.165, 1.54) is 0 Å². The van der Waals surface area contributed by atoms with Gasteiger partial charge in [-0.1, -0.05) is 36.4 Å². The number of nitrogens with one attached hydrogen (secondary N) is 1. The standard InChI is InChI=1S/C22H19N3O2/c1-2-26-17-11-5-9-15-18(16-10-6-12-24-16)19-13-7-3-4-8-14(13)21(23)25-22(19)27-20(15)17/h3-12,18,24H,2H2,1H3,(H2,23,25). The molecule has 3 heterocycles. The number of hydrogen-bond donors (Lipinski definition) is 2. The lowest BCUT2D eigenvalue weighted by molar-refractivity contribution is 0.314. The quantitative estimate of drug-likeness (QED) is 0.485. The van der Waals surface area contributed by atoms with Crippen LogP contribution in [0.2, 0.25) is 0 Å². The number of aromatic amines is 1. The first-order chi connectivity index (χ1) is 13.3. The molecule has 0 radical (unpaired) electrons. The average Bonchev–Trinajstić information content (AvgIpc) is 3.22. The van der Waals surface area contributed by atoms with Gasteiger partial charge in [0.05, 0.1) is 12.5 Å². The van der Waals surface area contributed by atoms with Crippen molar-refractivity contribution in [3.8, 4) is 17.4 Å². The molecule has 0 saturated carbocycles. The largest absolute Gasteiger partial charge is 0.490 e. The highest BCUT2D eigenvalue weighted by molar-refractivity contribution is 5.96. The van der Waals surface area contributed by atoms with Gasteiger partial charge < -0.3 is 20.2 Å². The van der Waals surface area contributed by atoms with E-state index in [-0.39, 0.29) is 5.92 Å². The molecule has 1 aliphatic heterocycles. The highest BCUT2D eigenvalue weighted by Gasteiger charge is 2.34. The molecule has 0 aliphatic carbocycles. The van der Waals surface area contributed by atoms with Crippen molar-refractivity contribution in [3.05, 3.63) is 77.6 Å². The van der Waals surface area contributed by atoms with Crippen molar-refractivity contribution in [3.63, 3.8) is 0 Å². The summed E-state index contributed by atoms with van der Waals surface area (Å²) >= 11 is 0. The second-order valence-corrected chi connectivity index (χ2v) is 6.53. The Balaban J connectivity index is 1.85. The van der Waals surface area contributed by atoms with Crippen LogP contribution in [0.15, 0.2) is 60.8 Å². The monoisotopic (exact) mass is 357 g/mol. The van der Waals surface area contributed by atoms with Crippen molar-refractivity contribution < 1.29 is 9.47 Å². The molecular weight excluding hydrogens is 338 g/mol. The van der Waals surface area contributed by atoms with E-state index in [1.807, 2.05) is 49.5 Å². The molecule has 3 N–H and O–H groups in total. The van der Waals surface area contributed by atoms with Crippen molar-refractivity contribution in [2.75, 3.05) is 12.3 Å². The van der Waals surface area contributed by atoms with Crippen molar-refractivity contribution in [2.24, 2.45) is 0 Å². The number of nitrogen functional groups attached to an aromatic ring is 1. The first-order valence-electron chi connectivity index (χ1n) is 9.03. The molecule has 0 bridgehead atoms. The third-order valence-corrected chi connectivity index (χ3v) is 4.99. The Morgan fingerprint density at radius 3 is 2.70 bits per heavy atom. The summed E-state index contributed by atoms with van der Waals surface area (Å²) in [6.45, 7) is 2.52. The van der Waals surface area contributed by atoms with Crippen LogP contribution in [0.3, 0.4) is 0 Å². The van der Waals surface area contributed by atoms with E-state index in [2.05, 4.69) is 28.2 Å². The van der Waals surface area contributed by atoms with Gasteiger partial charge in [0, 0.05) is 28.4 Å². The Morgan fingerprint density at radius 1 is 1.07 bits per heavy atom. The van der Waals surface area contributed by atoms with Gasteiger partial charge in [-0.15, -0.1) is 0 Å². The normalized spacial score (nSPS) is 15.1. The first kappa shape index (κ1) is 15.8. The second kappa shape index (κ2) is 6.06. The molecule has 4 aromatic rings. The van der Waals surface area contributed by atoms with Gasteiger partial charge in [-0.3, -0.25) is 0 Å². The van der Waals surface area contributed by atoms with E-state index in [4.69, 9.17) is 15.2 Å². The summed E-state index contributed by atoms with van der Waals surface area (Å²) in [4.78, 5) is 7.95. The molecule has 0 amide bonds. The maximum Gasteiger partial charge on any atom is 0.226 e. The molecule has 2 aromatic heterocycles. The number of hydrogen-bond acceptors (Lipinski definition) is 4. The third kappa shape index (κ3) is 2.35. The van der Waals surface area contributed by atoms with E-state index in [1.54, 1.807) is 0 Å². The van der Waals surface area contributed by atoms with Crippen LogP contribution in [0, 0.1) is 0 Å². The summed E-state index contributed by atoms with van der Waals surface area (Å²) in [5.74, 6) is 2.37. The Bertz CT molecular complexity index is 1140. The molecule has 5 nitrogen and oxygen atoms in total. The van der Waals surface area contributed by atoms with Crippen LogP contribution in [-0.2, 0) is 0 Å². The fraction of sp³-hybridized carbons (Fsp3) is 0.136. The number of benzene rings is 2. The highest BCUT2D eigenvalue weighted by atomic mass is 16.5. The first-order valence-corrected chi connectivity index (χ1v) is 9.03. The lowest BCUT2D eigenvalue weighted by atomic mass is 9.84. The predicted molar refractivity (Wildman–Crippen MR) is 106 cm³/mol. The molecule has 27 heavy (non-hydrogen) atoms. The zero-order chi connectivity index (χ0) is 18.4. The summed E-state index contributed by atoms with van der Waals surface area (Å²) in [5.41, 5.74) is 9.37. The van der Waals surface area contributed by atoms with E-state index < -0.39 is 0 Å². The van der Waals surface area contributed by atoms with Gasteiger partial charge in [-0.2, -0.15) is 4.98 Å². The van der Waals surface area contributed by atoms with Gasteiger partial charge in [0.1, 0.15) is 5.82 Å². The predicted octanol–water partition coefficient (Wildman–Crippen LogP) is 4.83. The molecule has 5 rings (SSSR count). The smallest absolute Gasteiger partial charge is 0.226 e. The maximum absolute atomic E-state index is 6.25. The van der Waals surface area contributed by atoms with E-state index in [9.17, 15) is 0 Å². The topological polar surface area (TPSA) is 73.2 Å². The number of pyridine rings is 1. The Hall–Kier alpha value is -3.47.